The lowest BCUT2D eigenvalue weighted by atomic mass is 10.0. The fraction of sp³-hybridized carbons (Fsp3) is 0.0588. The van der Waals surface area contributed by atoms with Gasteiger partial charge in [-0.1, -0.05) is 28.1 Å². The van der Waals surface area contributed by atoms with Crippen LogP contribution in [0.4, 0.5) is 17.1 Å². The Bertz CT molecular complexity index is 980. The Morgan fingerprint density at radius 2 is 1.60 bits per heavy atom. The fourth-order valence-corrected chi connectivity index (χ4v) is 2.61. The number of aromatic nitrogens is 1. The van der Waals surface area contributed by atoms with Gasteiger partial charge in [-0.3, -0.25) is 19.4 Å². The Hall–Kier alpha value is -3.00. The summed E-state index contributed by atoms with van der Waals surface area (Å²) >= 11 is 3.31. The highest BCUT2D eigenvalue weighted by Gasteiger charge is 2.26. The van der Waals surface area contributed by atoms with Crippen LogP contribution in [0.5, 0.6) is 0 Å². The van der Waals surface area contributed by atoms with Crippen LogP contribution in [0.2, 0.25) is 0 Å². The number of pyridine rings is 1. The van der Waals surface area contributed by atoms with Crippen molar-refractivity contribution >= 4 is 38.9 Å². The Kier molecular flexibility index (Phi) is 4.62. The van der Waals surface area contributed by atoms with Crippen molar-refractivity contribution in [3.05, 3.63) is 79.3 Å². The van der Waals surface area contributed by atoms with Gasteiger partial charge in [0.1, 0.15) is 17.4 Å². The van der Waals surface area contributed by atoms with Gasteiger partial charge in [0.2, 0.25) is 5.91 Å². The van der Waals surface area contributed by atoms with Gasteiger partial charge in [-0.2, -0.15) is 0 Å². The molecule has 1 aromatic heterocycles. The van der Waals surface area contributed by atoms with Crippen molar-refractivity contribution in [3.63, 3.8) is 0 Å². The highest BCUT2D eigenvalue weighted by Crippen LogP contribution is 2.25. The Morgan fingerprint density at radius 1 is 1.00 bits per heavy atom. The summed E-state index contributed by atoms with van der Waals surface area (Å²) in [5.41, 5.74) is 5.42. The van der Waals surface area contributed by atoms with E-state index in [-0.39, 0.29) is 11.4 Å². The van der Waals surface area contributed by atoms with Crippen molar-refractivity contribution in [2.45, 2.75) is 6.04 Å². The number of benzene rings is 1. The van der Waals surface area contributed by atoms with Crippen LogP contribution in [0.1, 0.15) is 11.6 Å². The van der Waals surface area contributed by atoms with Gasteiger partial charge in [0.25, 0.3) is 10.9 Å². The first kappa shape index (κ1) is 16.8. The third-order valence-electron chi connectivity index (χ3n) is 3.64. The third kappa shape index (κ3) is 3.43. The average Bonchev–Trinajstić information content (AvgIpc) is 2.62. The number of hydrogen-bond acceptors (Lipinski definition) is 6. The van der Waals surface area contributed by atoms with Crippen LogP contribution in [-0.4, -0.2) is 10.9 Å². The molecule has 0 aliphatic heterocycles. The van der Waals surface area contributed by atoms with E-state index in [0.717, 1.165) is 4.47 Å². The normalized spacial score (nSPS) is 11.9. The SMILES string of the molecule is NC(=O)C(Nc1c(Nc2ccncc2)c(=O)c1=O)c1ccc(Br)cc1. The van der Waals surface area contributed by atoms with Crippen LogP contribution in [0, 0.1) is 0 Å². The van der Waals surface area contributed by atoms with E-state index in [1.807, 2.05) is 0 Å². The van der Waals surface area contributed by atoms with Gasteiger partial charge in [0, 0.05) is 22.6 Å². The number of anilines is 3. The van der Waals surface area contributed by atoms with Crippen molar-refractivity contribution in [2.75, 3.05) is 10.6 Å². The van der Waals surface area contributed by atoms with E-state index in [0.29, 0.717) is 11.3 Å². The van der Waals surface area contributed by atoms with Crippen molar-refractivity contribution in [3.8, 4) is 0 Å². The predicted molar refractivity (Wildman–Crippen MR) is 98.6 cm³/mol. The zero-order valence-corrected chi connectivity index (χ0v) is 14.4. The molecule has 25 heavy (non-hydrogen) atoms. The molecule has 1 atom stereocenters. The minimum Gasteiger partial charge on any atom is -0.368 e. The van der Waals surface area contributed by atoms with E-state index < -0.39 is 22.8 Å². The highest BCUT2D eigenvalue weighted by atomic mass is 79.9. The number of nitrogens with one attached hydrogen (secondary N) is 2. The number of nitrogens with zero attached hydrogens (tertiary/aromatic N) is 1. The summed E-state index contributed by atoms with van der Waals surface area (Å²) in [4.78, 5) is 39.5. The van der Waals surface area contributed by atoms with E-state index in [9.17, 15) is 14.4 Å². The third-order valence-corrected chi connectivity index (χ3v) is 4.17. The molecule has 1 amide bonds. The molecule has 8 heteroatoms. The summed E-state index contributed by atoms with van der Waals surface area (Å²) in [6.07, 6.45) is 3.10. The van der Waals surface area contributed by atoms with Gasteiger partial charge in [0.05, 0.1) is 0 Å². The number of amides is 1. The standard InChI is InChI=1S/C17H13BrN4O3/c18-10-3-1-9(2-4-10)12(17(19)25)22-14-13(15(23)16(14)24)21-11-5-7-20-8-6-11/h1-8,12,22H,(H2,19,25)(H,20,21). The van der Waals surface area contributed by atoms with Crippen molar-refractivity contribution < 1.29 is 4.79 Å². The zero-order chi connectivity index (χ0) is 18.0. The molecule has 0 bridgehead atoms. The quantitative estimate of drug-likeness (QED) is 0.543. The molecule has 2 aromatic carbocycles. The molecule has 0 spiro atoms. The predicted octanol–water partition coefficient (Wildman–Crippen LogP) is 1.82. The molecule has 3 aromatic rings. The minimum absolute atomic E-state index is 0.0357. The van der Waals surface area contributed by atoms with E-state index in [1.54, 1.807) is 48.8 Å². The van der Waals surface area contributed by atoms with Crippen molar-refractivity contribution in [2.24, 2.45) is 5.73 Å². The van der Waals surface area contributed by atoms with Crippen LogP contribution in [0.15, 0.2) is 62.9 Å². The van der Waals surface area contributed by atoms with Gasteiger partial charge >= 0.3 is 0 Å². The maximum Gasteiger partial charge on any atom is 0.253 e. The molecule has 4 N–H and O–H groups in total. The van der Waals surface area contributed by atoms with Gasteiger partial charge in [-0.15, -0.1) is 0 Å². The smallest absolute Gasteiger partial charge is 0.253 e. The number of nitrogens with two attached hydrogens (primary N) is 1. The first-order valence-electron chi connectivity index (χ1n) is 7.29. The number of carbonyl (C=O) groups is 1. The first-order valence-corrected chi connectivity index (χ1v) is 8.08. The van der Waals surface area contributed by atoms with E-state index in [4.69, 9.17) is 5.73 Å². The number of rotatable bonds is 6. The second kappa shape index (κ2) is 6.86. The van der Waals surface area contributed by atoms with Crippen LogP contribution in [-0.2, 0) is 4.79 Å². The van der Waals surface area contributed by atoms with Gasteiger partial charge in [0.15, 0.2) is 0 Å². The lowest BCUT2D eigenvalue weighted by molar-refractivity contribution is -0.118. The van der Waals surface area contributed by atoms with Crippen LogP contribution in [0.3, 0.4) is 0 Å². The summed E-state index contributed by atoms with van der Waals surface area (Å²) in [6, 6.07) is 9.29. The molecule has 1 heterocycles. The molecule has 3 rings (SSSR count). The summed E-state index contributed by atoms with van der Waals surface area (Å²) in [7, 11) is 0. The van der Waals surface area contributed by atoms with Gasteiger partial charge in [-0.05, 0) is 29.8 Å². The van der Waals surface area contributed by atoms with Gasteiger partial charge < -0.3 is 16.4 Å². The molecular formula is C17H13BrN4O3. The summed E-state index contributed by atoms with van der Waals surface area (Å²) in [5, 5.41) is 5.64. The molecule has 0 aliphatic carbocycles. The molecular weight excluding hydrogens is 388 g/mol. The second-order valence-electron chi connectivity index (χ2n) is 5.30. The fourth-order valence-electron chi connectivity index (χ4n) is 2.35. The summed E-state index contributed by atoms with van der Waals surface area (Å²) in [6.45, 7) is 0. The molecule has 0 aliphatic rings. The zero-order valence-electron chi connectivity index (χ0n) is 12.8. The number of hydrogen-bond donors (Lipinski definition) is 3. The molecule has 7 nitrogen and oxygen atoms in total. The van der Waals surface area contributed by atoms with Crippen LogP contribution in [0.25, 0.3) is 0 Å². The minimum atomic E-state index is -0.936. The Balaban J connectivity index is 1.90. The monoisotopic (exact) mass is 400 g/mol. The van der Waals surface area contributed by atoms with Crippen molar-refractivity contribution in [1.29, 1.82) is 0 Å². The molecule has 126 valence electrons. The van der Waals surface area contributed by atoms with Gasteiger partial charge in [-0.25, -0.2) is 0 Å². The van der Waals surface area contributed by atoms with Crippen molar-refractivity contribution in [1.82, 2.24) is 4.98 Å². The molecule has 1 unspecified atom stereocenters. The Labute approximate surface area is 150 Å². The number of primary amides is 1. The van der Waals surface area contributed by atoms with Crippen LogP contribution < -0.4 is 27.2 Å². The largest absolute Gasteiger partial charge is 0.368 e. The lowest BCUT2D eigenvalue weighted by Crippen LogP contribution is -2.39. The topological polar surface area (TPSA) is 114 Å². The molecule has 0 fully saturated rings. The number of carbonyl (C=O) groups excluding carboxylic acids is 1. The average molecular weight is 401 g/mol. The maximum atomic E-state index is 11.9. The summed E-state index contributed by atoms with van der Waals surface area (Å²) < 4.78 is 0.841. The lowest BCUT2D eigenvalue weighted by Gasteiger charge is -2.20. The Morgan fingerprint density at radius 3 is 2.20 bits per heavy atom. The maximum absolute atomic E-state index is 11.9. The second-order valence-corrected chi connectivity index (χ2v) is 6.22. The molecule has 0 radical (unpaired) electrons. The molecule has 0 saturated heterocycles. The highest BCUT2D eigenvalue weighted by molar-refractivity contribution is 9.10. The van der Waals surface area contributed by atoms with E-state index in [1.165, 1.54) is 0 Å². The summed E-state index contributed by atoms with van der Waals surface area (Å²) in [5.74, 6) is -0.662. The van der Waals surface area contributed by atoms with Crippen LogP contribution >= 0.6 is 15.9 Å². The van der Waals surface area contributed by atoms with E-state index >= 15 is 0 Å². The first-order chi connectivity index (χ1) is 12.0. The molecule has 0 saturated carbocycles. The van der Waals surface area contributed by atoms with E-state index in [2.05, 4.69) is 31.5 Å². The number of halogens is 1.